The molecule has 5 heteroatoms. The summed E-state index contributed by atoms with van der Waals surface area (Å²) in [5, 5.41) is 0. The van der Waals surface area contributed by atoms with Crippen LogP contribution in [0.5, 0.6) is 0 Å². The Morgan fingerprint density at radius 3 is 1.70 bits per heavy atom. The number of hydrogen-bond donors (Lipinski definition) is 0. The zero-order valence-corrected chi connectivity index (χ0v) is 22.6. The number of nitrogens with zero attached hydrogens (tertiary/aromatic N) is 1. The Balaban J connectivity index is 0.000000672. The van der Waals surface area contributed by atoms with Gasteiger partial charge in [0.1, 0.15) is 0 Å². The Hall–Kier alpha value is -0.999. The Labute approximate surface area is 211 Å². The molecule has 156 valence electrons. The van der Waals surface area contributed by atoms with Crippen molar-refractivity contribution < 1.29 is 46.5 Å². The van der Waals surface area contributed by atoms with Crippen LogP contribution in [0.25, 0.3) is 32.8 Å². The smallest absolute Gasteiger partial charge is 1.00 e. The summed E-state index contributed by atoms with van der Waals surface area (Å²) in [4.78, 5) is 4.55. The largest absolute Gasteiger partial charge is 4.00 e. The molecule has 0 saturated heterocycles. The molecule has 0 aliphatic heterocycles. The molecule has 4 rings (SSSR count). The first-order valence-corrected chi connectivity index (χ1v) is 12.5. The molecule has 1 nitrogen and oxygen atoms in total. The van der Waals surface area contributed by atoms with Gasteiger partial charge >= 0.3 is 21.7 Å². The minimum atomic E-state index is -0.671. The molecule has 0 amide bonds. The molecular formula is C25H29Cl2NSiTi. The molecule has 3 aromatic rings. The zero-order chi connectivity index (χ0) is 19.6. The average molecular weight is 490 g/mol. The molecule has 1 aliphatic rings. The monoisotopic (exact) mass is 489 g/mol. The Morgan fingerprint density at radius 1 is 0.767 bits per heavy atom. The van der Waals surface area contributed by atoms with Crippen LogP contribution < -0.4 is 24.8 Å². The predicted octanol–water partition coefficient (Wildman–Crippen LogP) is 1.26. The summed E-state index contributed by atoms with van der Waals surface area (Å²) in [5.41, 5.74) is 8.97. The maximum absolute atomic E-state index is 4.55. The minimum absolute atomic E-state index is 0. The van der Waals surface area contributed by atoms with Crippen molar-refractivity contribution in [3.63, 3.8) is 0 Å². The van der Waals surface area contributed by atoms with Crippen molar-refractivity contribution in [2.75, 3.05) is 0 Å². The van der Waals surface area contributed by atoms with Gasteiger partial charge in [-0.25, -0.2) is 0 Å². The average Bonchev–Trinajstić information content (AvgIpc) is 3.05. The summed E-state index contributed by atoms with van der Waals surface area (Å²) in [6.07, 6.45) is 0. The second-order valence-electron chi connectivity index (χ2n) is 8.32. The van der Waals surface area contributed by atoms with Crippen LogP contribution in [0.2, 0.25) is 13.1 Å². The fourth-order valence-corrected chi connectivity index (χ4v) is 5.32. The Bertz CT molecular complexity index is 894. The van der Waals surface area contributed by atoms with Gasteiger partial charge in [-0.2, -0.15) is 12.1 Å². The van der Waals surface area contributed by atoms with Crippen molar-refractivity contribution in [3.8, 4) is 22.3 Å². The summed E-state index contributed by atoms with van der Waals surface area (Å²) in [7, 11) is -0.671. The van der Waals surface area contributed by atoms with Gasteiger partial charge in [0.05, 0.1) is 0 Å². The SMILES string of the molecule is C=C1c2ccccc2-c2cc[cH-]c2-c2ccccc21.C[SiH](C)[N-]C(C)(C)C.[Cl-].[Cl-].[Ti+4]. The second kappa shape index (κ2) is 12.1. The van der Waals surface area contributed by atoms with E-state index in [1.54, 1.807) is 0 Å². The molecule has 1 aliphatic carbocycles. The van der Waals surface area contributed by atoms with Crippen molar-refractivity contribution in [1.82, 2.24) is 0 Å². The Morgan fingerprint density at radius 2 is 1.23 bits per heavy atom. The molecule has 0 saturated carbocycles. The third-order valence-corrected chi connectivity index (χ3v) is 5.84. The topological polar surface area (TPSA) is 14.1 Å². The van der Waals surface area contributed by atoms with E-state index < -0.39 is 8.96 Å². The first-order chi connectivity index (χ1) is 12.8. The van der Waals surface area contributed by atoms with Crippen LogP contribution in [0.1, 0.15) is 31.9 Å². The van der Waals surface area contributed by atoms with Gasteiger partial charge in [0.15, 0.2) is 0 Å². The first-order valence-electron chi connectivity index (χ1n) is 9.64. The van der Waals surface area contributed by atoms with E-state index in [1.807, 2.05) is 0 Å². The van der Waals surface area contributed by atoms with E-state index in [2.05, 4.69) is 112 Å². The minimum Gasteiger partial charge on any atom is -1.00 e. The molecule has 0 atom stereocenters. The number of hydrogen-bond acceptors (Lipinski definition) is 0. The summed E-state index contributed by atoms with van der Waals surface area (Å²) in [6, 6.07) is 23.6. The van der Waals surface area contributed by atoms with Crippen LogP contribution in [0.4, 0.5) is 0 Å². The van der Waals surface area contributed by atoms with Crippen molar-refractivity contribution >= 4 is 14.5 Å². The van der Waals surface area contributed by atoms with Crippen LogP contribution in [-0.2, 0) is 21.7 Å². The predicted molar refractivity (Wildman–Crippen MR) is 123 cm³/mol. The van der Waals surface area contributed by atoms with E-state index in [-0.39, 0.29) is 52.1 Å². The number of fused-ring (bicyclic) bond motifs is 5. The van der Waals surface area contributed by atoms with E-state index in [4.69, 9.17) is 0 Å². The van der Waals surface area contributed by atoms with Gasteiger partial charge in [0.25, 0.3) is 0 Å². The summed E-state index contributed by atoms with van der Waals surface area (Å²) >= 11 is 0. The van der Waals surface area contributed by atoms with E-state index in [1.165, 1.54) is 33.4 Å². The van der Waals surface area contributed by atoms with Gasteiger partial charge in [-0.3, -0.25) is 0 Å². The summed E-state index contributed by atoms with van der Waals surface area (Å²) < 4.78 is 0. The quantitative estimate of drug-likeness (QED) is 0.282. The normalized spacial score (nSPS) is 11.2. The number of rotatable bonds is 1. The maximum atomic E-state index is 4.55. The first kappa shape index (κ1) is 29.0. The molecule has 0 fully saturated rings. The molecule has 0 spiro atoms. The molecular weight excluding hydrogens is 461 g/mol. The van der Waals surface area contributed by atoms with Gasteiger partial charge in [-0.15, -0.1) is 22.7 Å². The second-order valence-corrected chi connectivity index (χ2v) is 10.8. The molecule has 30 heavy (non-hydrogen) atoms. The number of halogens is 2. The van der Waals surface area contributed by atoms with E-state index in [0.29, 0.717) is 0 Å². The van der Waals surface area contributed by atoms with Gasteiger partial charge in [0, 0.05) is 0 Å². The third kappa shape index (κ3) is 6.75. The standard InChI is InChI=1S/C19H13.C6H16NSi.2ClH.Ti/c1-13-14-7-2-4-9-16(14)18-11-6-12-19(18)17-10-5-3-8-15(13)17;1-6(2,3)7-8(4)5;;;/h2-12H,1H2;8H,1-5H3;2*1H;/q2*-1;;;+4/p-2. The van der Waals surface area contributed by atoms with Crippen LogP contribution in [0, 0.1) is 0 Å². The zero-order valence-electron chi connectivity index (χ0n) is 18.3. The van der Waals surface area contributed by atoms with Gasteiger partial charge < -0.3 is 29.8 Å². The van der Waals surface area contributed by atoms with E-state index in [9.17, 15) is 0 Å². The maximum Gasteiger partial charge on any atom is 4.00 e. The van der Waals surface area contributed by atoms with Crippen molar-refractivity contribution in [2.24, 2.45) is 0 Å². The molecule has 0 aromatic heterocycles. The van der Waals surface area contributed by atoms with E-state index in [0.717, 1.165) is 5.57 Å². The van der Waals surface area contributed by atoms with Crippen LogP contribution in [0.3, 0.4) is 0 Å². The fourth-order valence-electron chi connectivity index (χ4n) is 3.77. The molecule has 0 heterocycles. The van der Waals surface area contributed by atoms with Crippen LogP contribution in [-0.4, -0.2) is 14.5 Å². The van der Waals surface area contributed by atoms with E-state index >= 15 is 0 Å². The third-order valence-electron chi connectivity index (χ3n) is 4.55. The molecule has 0 unspecified atom stereocenters. The van der Waals surface area contributed by atoms with Crippen LogP contribution in [0.15, 0.2) is 73.3 Å². The molecule has 0 N–H and O–H groups in total. The number of benzene rings is 2. The Kier molecular flexibility index (Phi) is 11.7. The van der Waals surface area contributed by atoms with Crippen molar-refractivity contribution in [1.29, 1.82) is 0 Å². The van der Waals surface area contributed by atoms with Crippen molar-refractivity contribution in [2.45, 2.75) is 39.4 Å². The van der Waals surface area contributed by atoms with Gasteiger partial charge in [-0.1, -0.05) is 115 Å². The van der Waals surface area contributed by atoms with Crippen molar-refractivity contribution in [3.05, 3.63) is 89.4 Å². The molecule has 0 radical (unpaired) electrons. The summed E-state index contributed by atoms with van der Waals surface area (Å²) in [6.45, 7) is 15.3. The van der Waals surface area contributed by atoms with Crippen LogP contribution >= 0.6 is 0 Å². The fraction of sp³-hybridized carbons (Fsp3) is 0.240. The van der Waals surface area contributed by atoms with Gasteiger partial charge in [-0.05, 0) is 11.1 Å². The van der Waals surface area contributed by atoms with Gasteiger partial charge in [0.2, 0.25) is 0 Å². The molecule has 3 aromatic carbocycles. The molecule has 0 bridgehead atoms. The summed E-state index contributed by atoms with van der Waals surface area (Å²) in [5.74, 6) is 0.